The molecule has 1 atom stereocenters. The maximum atomic E-state index is 10.7. The Kier molecular flexibility index (Phi) is 5.93. The summed E-state index contributed by atoms with van der Waals surface area (Å²) in [4.78, 5) is 18.7. The van der Waals surface area contributed by atoms with Crippen molar-refractivity contribution in [2.75, 3.05) is 11.9 Å². The first kappa shape index (κ1) is 18.7. The highest BCUT2D eigenvalue weighted by molar-refractivity contribution is 5.80. The topological polar surface area (TPSA) is 110 Å². The predicted molar refractivity (Wildman–Crippen MR) is 96.7 cm³/mol. The second-order valence-corrected chi connectivity index (χ2v) is 6.76. The molecule has 0 spiro atoms. The third-order valence-electron chi connectivity index (χ3n) is 3.47. The fourth-order valence-corrected chi connectivity index (χ4v) is 2.64. The lowest BCUT2D eigenvalue weighted by Crippen LogP contribution is -2.43. The lowest BCUT2D eigenvalue weighted by atomic mass is 9.93. The molecule has 1 unspecified atom stereocenters. The van der Waals surface area contributed by atoms with Crippen molar-refractivity contribution < 1.29 is 14.6 Å². The van der Waals surface area contributed by atoms with Gasteiger partial charge in [0.25, 0.3) is 0 Å². The van der Waals surface area contributed by atoms with Crippen molar-refractivity contribution in [2.24, 2.45) is 11.7 Å². The molecule has 0 aliphatic rings. The third kappa shape index (κ3) is 6.04. The Labute approximate surface area is 147 Å². The van der Waals surface area contributed by atoms with Gasteiger partial charge in [-0.25, -0.2) is 14.8 Å². The van der Waals surface area contributed by atoms with E-state index in [0.717, 1.165) is 17.7 Å². The summed E-state index contributed by atoms with van der Waals surface area (Å²) in [5.74, 6) is 1.27. The number of benzene rings is 1. The first-order chi connectivity index (χ1) is 11.7. The van der Waals surface area contributed by atoms with Gasteiger partial charge in [0.1, 0.15) is 12.4 Å². The molecule has 2 rings (SSSR count). The molecule has 25 heavy (non-hydrogen) atoms. The van der Waals surface area contributed by atoms with E-state index in [4.69, 9.17) is 15.6 Å². The summed E-state index contributed by atoms with van der Waals surface area (Å²) in [6.07, 6.45) is 1.18. The second kappa shape index (κ2) is 7.94. The van der Waals surface area contributed by atoms with Crippen LogP contribution in [0.15, 0.2) is 36.5 Å². The predicted octanol–water partition coefficient (Wildman–Crippen LogP) is 3.38. The number of nitrogens with two attached hydrogens (primary N) is 1. The number of aromatic nitrogens is 2. The Bertz CT molecular complexity index is 715. The van der Waals surface area contributed by atoms with Crippen LogP contribution in [0.5, 0.6) is 5.75 Å². The summed E-state index contributed by atoms with van der Waals surface area (Å²) in [5.41, 5.74) is 7.32. The summed E-state index contributed by atoms with van der Waals surface area (Å²) in [7, 11) is 0. The van der Waals surface area contributed by atoms with Gasteiger partial charge < -0.3 is 15.6 Å². The van der Waals surface area contributed by atoms with Gasteiger partial charge in [-0.2, -0.15) is 0 Å². The van der Waals surface area contributed by atoms with Gasteiger partial charge in [-0.1, -0.05) is 13.8 Å². The van der Waals surface area contributed by atoms with Crippen molar-refractivity contribution in [1.29, 1.82) is 0 Å². The van der Waals surface area contributed by atoms with Crippen LogP contribution in [0.4, 0.5) is 10.7 Å². The van der Waals surface area contributed by atoms with Gasteiger partial charge in [0.2, 0.25) is 5.95 Å². The molecule has 0 aliphatic heterocycles. The summed E-state index contributed by atoms with van der Waals surface area (Å²) < 4.78 is 5.79. The number of amides is 1. The number of carbonyl (C=O) groups is 1. The van der Waals surface area contributed by atoms with Crippen LogP contribution in [-0.2, 0) is 0 Å². The molecule has 1 heterocycles. The van der Waals surface area contributed by atoms with Crippen LogP contribution in [0.2, 0.25) is 0 Å². The Morgan fingerprint density at radius 2 is 2.00 bits per heavy atom. The van der Waals surface area contributed by atoms with Crippen LogP contribution in [0.3, 0.4) is 0 Å². The highest BCUT2D eigenvalue weighted by Gasteiger charge is 2.21. The minimum absolute atomic E-state index is 0.0397. The zero-order valence-electron chi connectivity index (χ0n) is 14.7. The number of rotatable bonds is 7. The zero-order valence-corrected chi connectivity index (χ0v) is 14.7. The van der Waals surface area contributed by atoms with E-state index in [9.17, 15) is 4.79 Å². The van der Waals surface area contributed by atoms with E-state index in [2.05, 4.69) is 29.1 Å². The van der Waals surface area contributed by atoms with Crippen LogP contribution < -0.4 is 15.8 Å². The molecule has 1 aromatic heterocycles. The smallest absolute Gasteiger partial charge is 0.411 e. The van der Waals surface area contributed by atoms with Crippen molar-refractivity contribution in [1.82, 2.24) is 9.97 Å². The maximum absolute atomic E-state index is 10.7. The van der Waals surface area contributed by atoms with E-state index >= 15 is 0 Å². The Hall–Kier alpha value is -2.67. The van der Waals surface area contributed by atoms with Gasteiger partial charge in [0.15, 0.2) is 0 Å². The molecule has 1 aromatic carbocycles. The van der Waals surface area contributed by atoms with Crippen LogP contribution in [0.1, 0.15) is 27.2 Å². The molecule has 0 saturated heterocycles. The van der Waals surface area contributed by atoms with Crippen molar-refractivity contribution in [2.45, 2.75) is 32.7 Å². The Balaban J connectivity index is 2.03. The van der Waals surface area contributed by atoms with Crippen LogP contribution in [-0.4, -0.2) is 33.3 Å². The first-order valence-electron chi connectivity index (χ1n) is 8.10. The molecule has 0 fully saturated rings. The molecule has 2 aromatic rings. The van der Waals surface area contributed by atoms with Gasteiger partial charge in [0.05, 0.1) is 5.69 Å². The van der Waals surface area contributed by atoms with Crippen molar-refractivity contribution in [3.63, 3.8) is 0 Å². The number of nitrogens with zero attached hydrogens (tertiary/aromatic N) is 2. The van der Waals surface area contributed by atoms with Gasteiger partial charge in [-0.3, -0.25) is 5.32 Å². The van der Waals surface area contributed by atoms with Crippen molar-refractivity contribution in [3.05, 3.63) is 36.5 Å². The van der Waals surface area contributed by atoms with Crippen LogP contribution in [0.25, 0.3) is 11.3 Å². The van der Waals surface area contributed by atoms with E-state index in [1.165, 1.54) is 6.20 Å². The summed E-state index contributed by atoms with van der Waals surface area (Å²) >= 11 is 0. The monoisotopic (exact) mass is 344 g/mol. The van der Waals surface area contributed by atoms with E-state index in [1.54, 1.807) is 6.07 Å². The normalized spacial score (nSPS) is 13.3. The van der Waals surface area contributed by atoms with Crippen LogP contribution >= 0.6 is 0 Å². The Morgan fingerprint density at radius 1 is 1.32 bits per heavy atom. The van der Waals surface area contributed by atoms with Gasteiger partial charge in [-0.15, -0.1) is 0 Å². The number of anilines is 1. The minimum Gasteiger partial charge on any atom is -0.492 e. The molecule has 0 bridgehead atoms. The van der Waals surface area contributed by atoms with Crippen molar-refractivity contribution >= 4 is 12.0 Å². The number of ether oxygens (including phenoxy) is 1. The fourth-order valence-electron chi connectivity index (χ4n) is 2.64. The van der Waals surface area contributed by atoms with E-state index in [1.807, 2.05) is 31.2 Å². The zero-order chi connectivity index (χ0) is 18.4. The number of carboxylic acid groups (broad SMARTS) is 1. The van der Waals surface area contributed by atoms with Crippen LogP contribution in [0, 0.1) is 5.92 Å². The highest BCUT2D eigenvalue weighted by atomic mass is 16.5. The molecule has 0 saturated carbocycles. The number of nitrogens with one attached hydrogen (secondary N) is 1. The minimum atomic E-state index is -1.20. The molecule has 1 amide bonds. The maximum Gasteiger partial charge on any atom is 0.411 e. The standard InChI is InChI=1S/C18H24N4O3/c1-12(2)10-18(3,19)11-25-14-6-4-13(5-7-14)15-8-9-20-16(21-15)22-17(23)24/h4-9,12H,10-11,19H2,1-3H3,(H,23,24)(H,20,21,22). The molecule has 7 heteroatoms. The molecular formula is C18H24N4O3. The quantitative estimate of drug-likeness (QED) is 0.710. The van der Waals surface area contributed by atoms with Crippen molar-refractivity contribution in [3.8, 4) is 17.0 Å². The lowest BCUT2D eigenvalue weighted by molar-refractivity contribution is 0.207. The summed E-state index contributed by atoms with van der Waals surface area (Å²) in [5, 5.41) is 10.9. The third-order valence-corrected chi connectivity index (χ3v) is 3.47. The van der Waals surface area contributed by atoms with E-state index in [-0.39, 0.29) is 11.5 Å². The molecule has 0 aliphatic carbocycles. The van der Waals surface area contributed by atoms with Gasteiger partial charge >= 0.3 is 6.09 Å². The van der Waals surface area contributed by atoms with E-state index < -0.39 is 6.09 Å². The second-order valence-electron chi connectivity index (χ2n) is 6.76. The molecule has 7 nitrogen and oxygen atoms in total. The lowest BCUT2D eigenvalue weighted by Gasteiger charge is -2.26. The SMILES string of the molecule is CC(C)CC(C)(N)COc1ccc(-c2ccnc(NC(=O)O)n2)cc1. The number of hydrogen-bond donors (Lipinski definition) is 3. The average Bonchev–Trinajstić information content (AvgIpc) is 2.52. The largest absolute Gasteiger partial charge is 0.492 e. The summed E-state index contributed by atoms with van der Waals surface area (Å²) in [6, 6.07) is 9.11. The molecule has 0 radical (unpaired) electrons. The Morgan fingerprint density at radius 3 is 2.60 bits per heavy atom. The highest BCUT2D eigenvalue weighted by Crippen LogP contribution is 2.22. The van der Waals surface area contributed by atoms with Gasteiger partial charge in [-0.05, 0) is 49.6 Å². The fraction of sp³-hybridized carbons (Fsp3) is 0.389. The van der Waals surface area contributed by atoms with E-state index in [0.29, 0.717) is 18.2 Å². The summed E-state index contributed by atoms with van der Waals surface area (Å²) in [6.45, 7) is 6.69. The average molecular weight is 344 g/mol. The van der Waals surface area contributed by atoms with Gasteiger partial charge in [0, 0.05) is 17.3 Å². The molecule has 4 N–H and O–H groups in total. The first-order valence-corrected chi connectivity index (χ1v) is 8.10. The molecular weight excluding hydrogens is 320 g/mol. The molecule has 134 valence electrons. The number of hydrogen-bond acceptors (Lipinski definition) is 5.